The molecule has 0 radical (unpaired) electrons. The quantitative estimate of drug-likeness (QED) is 0.741. The molecule has 0 saturated heterocycles. The second-order valence-corrected chi connectivity index (χ2v) is 5.49. The van der Waals surface area contributed by atoms with E-state index in [0.717, 1.165) is 18.7 Å². The molecule has 0 aromatic carbocycles. The van der Waals surface area contributed by atoms with Crippen molar-refractivity contribution in [2.45, 2.75) is 64.2 Å². The van der Waals surface area contributed by atoms with E-state index in [0.29, 0.717) is 25.3 Å². The van der Waals surface area contributed by atoms with Crippen molar-refractivity contribution in [2.75, 3.05) is 6.61 Å². The van der Waals surface area contributed by atoms with E-state index in [-0.39, 0.29) is 11.4 Å². The summed E-state index contributed by atoms with van der Waals surface area (Å²) in [6.07, 6.45) is 3.36. The van der Waals surface area contributed by atoms with Crippen LogP contribution in [0.1, 0.15) is 65.1 Å². The van der Waals surface area contributed by atoms with Gasteiger partial charge < -0.3 is 9.26 Å². The zero-order valence-corrected chi connectivity index (χ0v) is 12.2. The zero-order chi connectivity index (χ0) is 14.1. The van der Waals surface area contributed by atoms with Gasteiger partial charge in [-0.25, -0.2) is 0 Å². The molecule has 0 bridgehead atoms. The van der Waals surface area contributed by atoms with Crippen LogP contribution in [0.15, 0.2) is 4.52 Å². The van der Waals surface area contributed by atoms with Crippen LogP contribution in [-0.4, -0.2) is 22.7 Å². The van der Waals surface area contributed by atoms with Gasteiger partial charge in [0.25, 0.3) is 0 Å². The number of carbonyl (C=O) groups is 1. The number of hydrogen-bond donors (Lipinski definition) is 0. The lowest BCUT2D eigenvalue weighted by Gasteiger charge is -2.24. The summed E-state index contributed by atoms with van der Waals surface area (Å²) in [5.41, 5.74) is -0.754. The van der Waals surface area contributed by atoms with Crippen LogP contribution in [0.5, 0.6) is 0 Å². The van der Waals surface area contributed by atoms with E-state index in [2.05, 4.69) is 17.1 Å². The smallest absolute Gasteiger partial charge is 0.321 e. The Bertz CT molecular complexity index is 459. The van der Waals surface area contributed by atoms with Crippen molar-refractivity contribution < 1.29 is 14.1 Å². The number of rotatable bonds is 6. The maximum atomic E-state index is 12.3. The van der Waals surface area contributed by atoms with Gasteiger partial charge >= 0.3 is 5.97 Å². The average molecular weight is 266 g/mol. The van der Waals surface area contributed by atoms with Crippen molar-refractivity contribution in [1.29, 1.82) is 0 Å². The summed E-state index contributed by atoms with van der Waals surface area (Å²) in [5.74, 6) is 0.855. The van der Waals surface area contributed by atoms with Gasteiger partial charge in [-0.1, -0.05) is 25.9 Å². The second-order valence-electron chi connectivity index (χ2n) is 5.49. The largest absolute Gasteiger partial charge is 0.465 e. The number of carbonyl (C=O) groups excluding carboxylic acids is 1. The van der Waals surface area contributed by atoms with Crippen molar-refractivity contribution in [3.8, 4) is 0 Å². The van der Waals surface area contributed by atoms with Crippen molar-refractivity contribution in [3.63, 3.8) is 0 Å². The molecule has 5 heteroatoms. The van der Waals surface area contributed by atoms with Gasteiger partial charge in [0.15, 0.2) is 5.82 Å². The monoisotopic (exact) mass is 266 g/mol. The summed E-state index contributed by atoms with van der Waals surface area (Å²) in [7, 11) is 0. The lowest BCUT2D eigenvalue weighted by molar-refractivity contribution is -0.151. The summed E-state index contributed by atoms with van der Waals surface area (Å²) in [4.78, 5) is 16.7. The molecule has 2 rings (SSSR count). The van der Waals surface area contributed by atoms with Crippen molar-refractivity contribution in [3.05, 3.63) is 11.7 Å². The molecule has 1 aromatic heterocycles. The molecule has 1 saturated carbocycles. The fourth-order valence-electron chi connectivity index (χ4n) is 2.27. The van der Waals surface area contributed by atoms with Crippen LogP contribution < -0.4 is 0 Å². The third-order valence-electron chi connectivity index (χ3n) is 4.25. The maximum absolute atomic E-state index is 12.3. The van der Waals surface area contributed by atoms with E-state index in [1.54, 1.807) is 6.92 Å². The molecule has 0 amide bonds. The minimum absolute atomic E-state index is 0.0453. The number of esters is 1. The van der Waals surface area contributed by atoms with E-state index in [1.807, 2.05) is 13.8 Å². The number of nitrogens with zero attached hydrogens (tertiary/aromatic N) is 2. The topological polar surface area (TPSA) is 65.2 Å². The number of hydrogen-bond acceptors (Lipinski definition) is 5. The molecule has 0 spiro atoms. The van der Waals surface area contributed by atoms with Gasteiger partial charge in [-0.15, -0.1) is 0 Å². The van der Waals surface area contributed by atoms with Crippen LogP contribution in [0, 0.1) is 0 Å². The lowest BCUT2D eigenvalue weighted by Crippen LogP contribution is -2.37. The Balaban J connectivity index is 2.33. The highest BCUT2D eigenvalue weighted by molar-refractivity contribution is 5.81. The minimum Gasteiger partial charge on any atom is -0.465 e. The van der Waals surface area contributed by atoms with E-state index in [1.165, 1.54) is 0 Å². The summed E-state index contributed by atoms with van der Waals surface area (Å²) in [5, 5.41) is 4.06. The van der Waals surface area contributed by atoms with E-state index in [4.69, 9.17) is 9.26 Å². The summed E-state index contributed by atoms with van der Waals surface area (Å²) in [6.45, 7) is 8.18. The second kappa shape index (κ2) is 4.94. The fourth-order valence-corrected chi connectivity index (χ4v) is 2.27. The molecule has 1 heterocycles. The average Bonchev–Trinajstić information content (AvgIpc) is 2.95. The van der Waals surface area contributed by atoms with Gasteiger partial charge in [0.05, 0.1) is 6.61 Å². The molecule has 0 unspecified atom stereocenters. The zero-order valence-electron chi connectivity index (χ0n) is 12.2. The Morgan fingerprint density at radius 1 is 1.37 bits per heavy atom. The molecule has 1 aliphatic rings. The number of ether oxygens (including phenoxy) is 1. The normalized spacial score (nSPS) is 17.3. The van der Waals surface area contributed by atoms with Crippen LogP contribution >= 0.6 is 0 Å². The van der Waals surface area contributed by atoms with E-state index < -0.39 is 5.41 Å². The Morgan fingerprint density at radius 2 is 2.00 bits per heavy atom. The first kappa shape index (κ1) is 14.0. The van der Waals surface area contributed by atoms with Crippen LogP contribution in [0.25, 0.3) is 0 Å². The highest BCUT2D eigenvalue weighted by atomic mass is 16.5. The van der Waals surface area contributed by atoms with Gasteiger partial charge in [-0.2, -0.15) is 4.98 Å². The molecule has 1 aromatic rings. The highest BCUT2D eigenvalue weighted by Crippen LogP contribution is 2.46. The van der Waals surface area contributed by atoms with Crippen molar-refractivity contribution in [1.82, 2.24) is 10.1 Å². The van der Waals surface area contributed by atoms with E-state index >= 15 is 0 Å². The molecule has 19 heavy (non-hydrogen) atoms. The third kappa shape index (κ3) is 2.26. The van der Waals surface area contributed by atoms with E-state index in [9.17, 15) is 4.79 Å². The predicted octanol–water partition coefficient (Wildman–Crippen LogP) is 2.74. The first-order valence-corrected chi connectivity index (χ1v) is 7.04. The summed E-state index contributed by atoms with van der Waals surface area (Å²) in [6, 6.07) is 0. The molecule has 1 aliphatic carbocycles. The molecule has 1 fully saturated rings. The maximum Gasteiger partial charge on any atom is 0.321 e. The SMILES string of the molecule is CCOC(=O)C(CC)(CC)c1nc(C2(C)CC2)no1. The number of aromatic nitrogens is 2. The molecule has 5 nitrogen and oxygen atoms in total. The van der Waals surface area contributed by atoms with Gasteiger partial charge in [-0.05, 0) is 32.6 Å². The van der Waals surface area contributed by atoms with Gasteiger partial charge in [-0.3, -0.25) is 4.79 Å². The highest BCUT2D eigenvalue weighted by Gasteiger charge is 2.48. The third-order valence-corrected chi connectivity index (χ3v) is 4.25. The molecule has 106 valence electrons. The Kier molecular flexibility index (Phi) is 3.65. The Hall–Kier alpha value is -1.39. The standard InChI is InChI=1S/C14H22N2O3/c1-5-14(6-2,12(17)18-7-3)11-15-10(16-19-11)13(4)8-9-13/h5-9H2,1-4H3. The van der Waals surface area contributed by atoms with Crippen LogP contribution in [0.3, 0.4) is 0 Å². The summed E-state index contributed by atoms with van der Waals surface area (Å²) < 4.78 is 10.6. The van der Waals surface area contributed by atoms with Crippen molar-refractivity contribution in [2.24, 2.45) is 0 Å². The predicted molar refractivity (Wildman–Crippen MR) is 69.8 cm³/mol. The van der Waals surface area contributed by atoms with Gasteiger partial charge in [0.1, 0.15) is 5.41 Å². The fraction of sp³-hybridized carbons (Fsp3) is 0.786. The first-order chi connectivity index (χ1) is 9.02. The van der Waals surface area contributed by atoms with Crippen LogP contribution in [-0.2, 0) is 20.4 Å². The van der Waals surface area contributed by atoms with Gasteiger partial charge in [0.2, 0.25) is 5.89 Å². The molecular formula is C14H22N2O3. The van der Waals surface area contributed by atoms with Crippen LogP contribution in [0.4, 0.5) is 0 Å². The lowest BCUT2D eigenvalue weighted by atomic mass is 9.82. The molecule has 0 atom stereocenters. The van der Waals surface area contributed by atoms with Crippen LogP contribution in [0.2, 0.25) is 0 Å². The first-order valence-electron chi connectivity index (χ1n) is 7.04. The Labute approximate surface area is 113 Å². The molecular weight excluding hydrogens is 244 g/mol. The minimum atomic E-state index is -0.799. The van der Waals surface area contributed by atoms with Gasteiger partial charge in [0, 0.05) is 5.41 Å². The summed E-state index contributed by atoms with van der Waals surface area (Å²) >= 11 is 0. The van der Waals surface area contributed by atoms with Crippen molar-refractivity contribution >= 4 is 5.97 Å². The molecule has 0 N–H and O–H groups in total. The Morgan fingerprint density at radius 3 is 2.47 bits per heavy atom. The molecule has 0 aliphatic heterocycles.